The maximum atomic E-state index is 12.9. The minimum Gasteiger partial charge on any atom is -0.756 e. The van der Waals surface area contributed by atoms with Gasteiger partial charge in [-0.1, -0.05) is 293 Å². The van der Waals surface area contributed by atoms with Crippen molar-refractivity contribution in [1.29, 1.82) is 0 Å². The standard InChI is InChI=1S/C65H123N2O6P/c1-6-8-10-12-14-16-18-19-20-21-22-23-24-25-26-27-28-29-30-31-32-33-34-35-36-37-38-39-40-41-42-43-44-45-46-47-49-51-53-55-57-59-65(69)66-63(62-73-74(70,71)72-61-60-67(3,4)5)64(68)58-56-54-52-50-48-17-15-13-11-9-7-2/h8,10,14,16,19-20,22-23,56,58,63-64,68H,6-7,9,11-13,15,17-18,21,24-55,57,59-62H2,1-5H3,(H-,66,69,70,71)/b10-8-,16-14-,20-19-,23-22-,58-56+. The quantitative estimate of drug-likeness (QED) is 0.0272. The number of likely N-dealkylation sites (N-methyl/N-ethyl adjacent to an activating group) is 1. The molecule has 0 heterocycles. The van der Waals surface area contributed by atoms with Gasteiger partial charge in [0, 0.05) is 6.42 Å². The van der Waals surface area contributed by atoms with Gasteiger partial charge in [0.15, 0.2) is 0 Å². The molecule has 8 nitrogen and oxygen atoms in total. The summed E-state index contributed by atoms with van der Waals surface area (Å²) >= 11 is 0. The van der Waals surface area contributed by atoms with Crippen molar-refractivity contribution in [2.24, 2.45) is 0 Å². The Morgan fingerprint density at radius 1 is 0.486 bits per heavy atom. The highest BCUT2D eigenvalue weighted by atomic mass is 31.2. The maximum Gasteiger partial charge on any atom is 0.268 e. The fraction of sp³-hybridized carbons (Fsp3) is 0.831. The van der Waals surface area contributed by atoms with Crippen LogP contribution in [0, 0.1) is 0 Å². The molecule has 1 amide bonds. The number of allylic oxidation sites excluding steroid dienone is 9. The van der Waals surface area contributed by atoms with Crippen molar-refractivity contribution in [3.8, 4) is 0 Å². The second-order valence-electron chi connectivity index (χ2n) is 22.7. The lowest BCUT2D eigenvalue weighted by Crippen LogP contribution is -2.45. The molecule has 0 saturated heterocycles. The van der Waals surface area contributed by atoms with Gasteiger partial charge in [-0.05, 0) is 57.8 Å². The van der Waals surface area contributed by atoms with Crippen molar-refractivity contribution in [2.45, 2.75) is 309 Å². The highest BCUT2D eigenvalue weighted by Crippen LogP contribution is 2.38. The molecule has 0 radical (unpaired) electrons. The fourth-order valence-electron chi connectivity index (χ4n) is 9.32. The lowest BCUT2D eigenvalue weighted by atomic mass is 10.0. The van der Waals surface area contributed by atoms with E-state index in [2.05, 4.69) is 67.8 Å². The molecule has 0 saturated carbocycles. The van der Waals surface area contributed by atoms with Crippen molar-refractivity contribution < 1.29 is 32.9 Å². The van der Waals surface area contributed by atoms with Gasteiger partial charge in [0.05, 0.1) is 39.9 Å². The number of nitrogens with one attached hydrogen (secondary N) is 1. The van der Waals surface area contributed by atoms with Crippen molar-refractivity contribution in [3.05, 3.63) is 60.8 Å². The first-order chi connectivity index (χ1) is 36.0. The number of rotatable bonds is 58. The summed E-state index contributed by atoms with van der Waals surface area (Å²) in [5, 5.41) is 13.8. The number of aliphatic hydroxyl groups is 1. The number of unbranched alkanes of at least 4 members (excludes halogenated alkanes) is 37. The first kappa shape index (κ1) is 72.2. The zero-order valence-electron chi connectivity index (χ0n) is 49.5. The van der Waals surface area contributed by atoms with Crippen LogP contribution in [0.3, 0.4) is 0 Å². The summed E-state index contributed by atoms with van der Waals surface area (Å²) in [6.07, 6.45) is 76.4. The molecule has 74 heavy (non-hydrogen) atoms. The van der Waals surface area contributed by atoms with Crippen LogP contribution in [-0.4, -0.2) is 68.5 Å². The smallest absolute Gasteiger partial charge is 0.268 e. The van der Waals surface area contributed by atoms with Gasteiger partial charge in [-0.25, -0.2) is 0 Å². The molecule has 0 bridgehead atoms. The summed E-state index contributed by atoms with van der Waals surface area (Å²) in [6.45, 7) is 4.54. The molecular weight excluding hydrogens is 936 g/mol. The van der Waals surface area contributed by atoms with Crippen LogP contribution in [0.25, 0.3) is 0 Å². The Hall–Kier alpha value is -1.80. The molecule has 0 aromatic heterocycles. The molecule has 0 spiro atoms. The van der Waals surface area contributed by atoms with E-state index in [1.807, 2.05) is 27.2 Å². The van der Waals surface area contributed by atoms with Crippen LogP contribution < -0.4 is 10.2 Å². The third-order valence-electron chi connectivity index (χ3n) is 14.2. The second-order valence-corrected chi connectivity index (χ2v) is 24.1. The Labute approximate surface area is 460 Å². The van der Waals surface area contributed by atoms with Crippen molar-refractivity contribution in [3.63, 3.8) is 0 Å². The highest BCUT2D eigenvalue weighted by molar-refractivity contribution is 7.45. The van der Waals surface area contributed by atoms with Gasteiger partial charge in [-0.15, -0.1) is 0 Å². The lowest BCUT2D eigenvalue weighted by molar-refractivity contribution is -0.870. The predicted octanol–water partition coefficient (Wildman–Crippen LogP) is 19.0. The molecule has 9 heteroatoms. The van der Waals surface area contributed by atoms with E-state index < -0.39 is 20.0 Å². The number of carbonyl (C=O) groups excluding carboxylic acids is 1. The zero-order chi connectivity index (χ0) is 54.2. The predicted molar refractivity (Wildman–Crippen MR) is 321 cm³/mol. The second kappa shape index (κ2) is 55.9. The average Bonchev–Trinajstić information content (AvgIpc) is 3.36. The van der Waals surface area contributed by atoms with Gasteiger partial charge in [0.25, 0.3) is 7.82 Å². The molecule has 0 aliphatic carbocycles. The van der Waals surface area contributed by atoms with Gasteiger partial charge in [0.2, 0.25) is 5.91 Å². The number of phosphoric acid groups is 1. The molecule has 0 fully saturated rings. The molecular formula is C65H123N2O6P. The van der Waals surface area contributed by atoms with Crippen LogP contribution in [-0.2, 0) is 18.4 Å². The van der Waals surface area contributed by atoms with E-state index in [9.17, 15) is 19.4 Å². The topological polar surface area (TPSA) is 108 Å². The maximum absolute atomic E-state index is 12.9. The third kappa shape index (κ3) is 57.9. The van der Waals surface area contributed by atoms with Crippen LogP contribution >= 0.6 is 7.82 Å². The number of hydrogen-bond acceptors (Lipinski definition) is 6. The molecule has 434 valence electrons. The number of carbonyl (C=O) groups is 1. The van der Waals surface area contributed by atoms with Crippen LogP contribution in [0.2, 0.25) is 0 Å². The molecule has 2 N–H and O–H groups in total. The van der Waals surface area contributed by atoms with E-state index >= 15 is 0 Å². The monoisotopic (exact) mass is 1060 g/mol. The molecule has 3 atom stereocenters. The molecule has 0 aliphatic rings. The number of amides is 1. The number of hydrogen-bond donors (Lipinski definition) is 2. The van der Waals surface area contributed by atoms with E-state index in [0.29, 0.717) is 17.4 Å². The summed E-state index contributed by atoms with van der Waals surface area (Å²) in [7, 11) is 1.27. The van der Waals surface area contributed by atoms with Crippen LogP contribution in [0.5, 0.6) is 0 Å². The summed E-state index contributed by atoms with van der Waals surface area (Å²) in [5.41, 5.74) is 0. The lowest BCUT2D eigenvalue weighted by Gasteiger charge is -2.29. The van der Waals surface area contributed by atoms with Gasteiger partial charge < -0.3 is 28.8 Å². The summed E-state index contributed by atoms with van der Waals surface area (Å²) in [4.78, 5) is 25.4. The van der Waals surface area contributed by atoms with Crippen molar-refractivity contribution >= 4 is 13.7 Å². The van der Waals surface area contributed by atoms with E-state index in [1.165, 1.54) is 212 Å². The zero-order valence-corrected chi connectivity index (χ0v) is 50.4. The van der Waals surface area contributed by atoms with Crippen LogP contribution in [0.1, 0.15) is 296 Å². The van der Waals surface area contributed by atoms with Crippen LogP contribution in [0.15, 0.2) is 60.8 Å². The minimum absolute atomic E-state index is 0.000184. The Morgan fingerprint density at radius 3 is 1.20 bits per heavy atom. The average molecular weight is 1060 g/mol. The van der Waals surface area contributed by atoms with Crippen molar-refractivity contribution in [1.82, 2.24) is 5.32 Å². The number of quaternary nitrogens is 1. The van der Waals surface area contributed by atoms with E-state index in [1.54, 1.807) is 6.08 Å². The van der Waals surface area contributed by atoms with Crippen LogP contribution in [0.4, 0.5) is 0 Å². The normalized spacial score (nSPS) is 14.2. The summed E-state index contributed by atoms with van der Waals surface area (Å²) in [6, 6.07) is -0.884. The molecule has 0 rings (SSSR count). The molecule has 0 aliphatic heterocycles. The third-order valence-corrected chi connectivity index (χ3v) is 15.2. The number of phosphoric ester groups is 1. The minimum atomic E-state index is -4.59. The largest absolute Gasteiger partial charge is 0.756 e. The Morgan fingerprint density at radius 2 is 0.824 bits per heavy atom. The van der Waals surface area contributed by atoms with Gasteiger partial charge >= 0.3 is 0 Å². The Balaban J connectivity index is 3.80. The molecule has 3 unspecified atom stereocenters. The SMILES string of the molecule is CC/C=C\C/C=C\C/C=C\C/C=C\CCCCCCCCCCCCCCCCCCCCCCCCCCCCCCC(=O)NC(COP(=O)([O-])OCC[N+](C)(C)C)C(O)/C=C/CCCCCCCCCCC. The van der Waals surface area contributed by atoms with Gasteiger partial charge in [0.1, 0.15) is 13.2 Å². The first-order valence-electron chi connectivity index (χ1n) is 31.7. The van der Waals surface area contributed by atoms with Gasteiger partial charge in [-0.2, -0.15) is 0 Å². The van der Waals surface area contributed by atoms with E-state index in [-0.39, 0.29) is 19.1 Å². The Bertz CT molecular complexity index is 1390. The number of aliphatic hydroxyl groups excluding tert-OH is 1. The fourth-order valence-corrected chi connectivity index (χ4v) is 10.0. The van der Waals surface area contributed by atoms with E-state index in [4.69, 9.17) is 9.05 Å². The number of nitrogens with zero attached hydrogens (tertiary/aromatic N) is 1. The van der Waals surface area contributed by atoms with Crippen molar-refractivity contribution in [2.75, 3.05) is 40.9 Å². The Kier molecular flexibility index (Phi) is 54.6. The molecule has 0 aromatic carbocycles. The summed E-state index contributed by atoms with van der Waals surface area (Å²) in [5.74, 6) is -0.194. The van der Waals surface area contributed by atoms with Gasteiger partial charge in [-0.3, -0.25) is 9.36 Å². The first-order valence-corrected chi connectivity index (χ1v) is 33.1. The molecule has 0 aromatic rings. The highest BCUT2D eigenvalue weighted by Gasteiger charge is 2.23. The summed E-state index contributed by atoms with van der Waals surface area (Å²) < 4.78 is 23.3. The van der Waals surface area contributed by atoms with E-state index in [0.717, 1.165) is 64.2 Å².